The average Bonchev–Trinajstić information content (AvgIpc) is 3.33. The molecule has 2 aliphatic rings. The van der Waals surface area contributed by atoms with Crippen molar-refractivity contribution in [3.05, 3.63) is 65.2 Å². The number of hydrogen-bond donors (Lipinski definition) is 2. The van der Waals surface area contributed by atoms with Gasteiger partial charge in [-0.3, -0.25) is 19.9 Å². The Hall–Kier alpha value is -3.39. The van der Waals surface area contributed by atoms with Gasteiger partial charge in [-0.1, -0.05) is 42.0 Å². The van der Waals surface area contributed by atoms with Crippen molar-refractivity contribution in [1.82, 2.24) is 20.7 Å². The molecule has 2 N–H and O–H groups in total. The third-order valence-corrected chi connectivity index (χ3v) is 6.27. The summed E-state index contributed by atoms with van der Waals surface area (Å²) in [7, 11) is 1.56. The van der Waals surface area contributed by atoms with E-state index in [0.29, 0.717) is 11.3 Å². The molecule has 0 aromatic heterocycles. The zero-order chi connectivity index (χ0) is 22.9. The van der Waals surface area contributed by atoms with Gasteiger partial charge >= 0.3 is 6.03 Å². The van der Waals surface area contributed by atoms with Crippen molar-refractivity contribution >= 4 is 17.8 Å². The zero-order valence-corrected chi connectivity index (χ0v) is 18.6. The van der Waals surface area contributed by atoms with Crippen molar-refractivity contribution in [3.8, 4) is 5.75 Å². The second-order valence-corrected chi connectivity index (χ2v) is 8.50. The minimum absolute atomic E-state index is 0.106. The first kappa shape index (κ1) is 21.8. The van der Waals surface area contributed by atoms with Crippen LogP contribution in [0.1, 0.15) is 42.5 Å². The number of carbonyl (C=O) groups excluding carboxylic acids is 3. The number of methoxy groups -OCH3 is 1. The second kappa shape index (κ2) is 8.63. The van der Waals surface area contributed by atoms with Gasteiger partial charge < -0.3 is 10.1 Å². The van der Waals surface area contributed by atoms with Gasteiger partial charge in [-0.2, -0.15) is 5.01 Å². The van der Waals surface area contributed by atoms with E-state index in [0.717, 1.165) is 24.4 Å². The van der Waals surface area contributed by atoms with E-state index in [1.54, 1.807) is 38.3 Å². The maximum Gasteiger partial charge on any atom is 0.344 e. The predicted octanol–water partition coefficient (Wildman–Crippen LogP) is 2.64. The molecule has 0 radical (unpaired) electrons. The maximum absolute atomic E-state index is 13.1. The van der Waals surface area contributed by atoms with Crippen molar-refractivity contribution in [2.75, 3.05) is 20.2 Å². The van der Waals surface area contributed by atoms with Crippen LogP contribution in [0.4, 0.5) is 4.79 Å². The van der Waals surface area contributed by atoms with Crippen molar-refractivity contribution in [2.24, 2.45) is 0 Å². The molecule has 0 spiro atoms. The summed E-state index contributed by atoms with van der Waals surface area (Å²) in [6.07, 6.45) is 1.96. The Morgan fingerprint density at radius 3 is 2.50 bits per heavy atom. The minimum Gasteiger partial charge on any atom is -0.497 e. The number of nitrogens with zero attached hydrogens (tertiary/aromatic N) is 2. The molecule has 0 bridgehead atoms. The molecule has 32 heavy (non-hydrogen) atoms. The van der Waals surface area contributed by atoms with Gasteiger partial charge in [-0.15, -0.1) is 0 Å². The molecule has 2 aromatic rings. The van der Waals surface area contributed by atoms with Gasteiger partial charge in [0.1, 0.15) is 11.3 Å². The monoisotopic (exact) mass is 436 g/mol. The largest absolute Gasteiger partial charge is 0.497 e. The lowest BCUT2D eigenvalue weighted by molar-refractivity contribution is -0.139. The number of carbonyl (C=O) groups is 3. The summed E-state index contributed by atoms with van der Waals surface area (Å²) >= 11 is 0. The quantitative estimate of drug-likeness (QED) is 0.680. The summed E-state index contributed by atoms with van der Waals surface area (Å²) in [4.78, 5) is 40.4. The number of likely N-dealkylation sites (tertiary alicyclic amines) is 1. The van der Waals surface area contributed by atoms with Crippen LogP contribution in [0.5, 0.6) is 5.75 Å². The summed E-state index contributed by atoms with van der Waals surface area (Å²) in [5, 5.41) is 3.47. The number of imide groups is 1. The van der Waals surface area contributed by atoms with E-state index in [1.165, 1.54) is 11.1 Å². The first-order valence-corrected chi connectivity index (χ1v) is 10.7. The number of benzene rings is 2. The molecule has 8 heteroatoms. The first-order valence-electron chi connectivity index (χ1n) is 10.7. The second-order valence-electron chi connectivity index (χ2n) is 8.50. The lowest BCUT2D eigenvalue weighted by Crippen LogP contribution is -2.50. The fourth-order valence-corrected chi connectivity index (χ4v) is 4.39. The van der Waals surface area contributed by atoms with Crippen LogP contribution < -0.4 is 15.5 Å². The van der Waals surface area contributed by atoms with Gasteiger partial charge in [0.25, 0.3) is 11.8 Å². The lowest BCUT2D eigenvalue weighted by atomic mass is 9.92. The van der Waals surface area contributed by atoms with Crippen molar-refractivity contribution < 1.29 is 19.1 Å². The topological polar surface area (TPSA) is 91.0 Å². The Morgan fingerprint density at radius 2 is 1.84 bits per heavy atom. The van der Waals surface area contributed by atoms with Crippen LogP contribution >= 0.6 is 0 Å². The fraction of sp³-hybridized carbons (Fsp3) is 0.375. The Balaban J connectivity index is 1.43. The molecule has 2 aliphatic heterocycles. The molecule has 2 unspecified atom stereocenters. The first-order chi connectivity index (χ1) is 15.3. The van der Waals surface area contributed by atoms with Gasteiger partial charge in [0.2, 0.25) is 0 Å². The Morgan fingerprint density at radius 1 is 1.16 bits per heavy atom. The minimum atomic E-state index is -1.27. The van der Waals surface area contributed by atoms with Crippen LogP contribution in [-0.2, 0) is 15.1 Å². The lowest BCUT2D eigenvalue weighted by Gasteiger charge is -2.26. The van der Waals surface area contributed by atoms with E-state index in [4.69, 9.17) is 4.74 Å². The third kappa shape index (κ3) is 4.05. The van der Waals surface area contributed by atoms with E-state index in [9.17, 15) is 14.4 Å². The van der Waals surface area contributed by atoms with Crippen LogP contribution in [0.2, 0.25) is 0 Å². The number of hydrazine groups is 1. The normalized spacial score (nSPS) is 23.3. The van der Waals surface area contributed by atoms with Crippen molar-refractivity contribution in [1.29, 1.82) is 0 Å². The number of ether oxygens (including phenoxy) is 1. The molecule has 2 atom stereocenters. The highest BCUT2D eigenvalue weighted by atomic mass is 16.5. The Labute approximate surface area is 187 Å². The highest BCUT2D eigenvalue weighted by molar-refractivity contribution is 6.08. The summed E-state index contributed by atoms with van der Waals surface area (Å²) in [5.74, 6) is -0.281. The molecule has 0 aliphatic carbocycles. The van der Waals surface area contributed by atoms with E-state index >= 15 is 0 Å². The van der Waals surface area contributed by atoms with E-state index in [-0.39, 0.29) is 12.6 Å². The maximum atomic E-state index is 13.1. The van der Waals surface area contributed by atoms with Gasteiger partial charge in [0.05, 0.1) is 13.7 Å². The summed E-state index contributed by atoms with van der Waals surface area (Å²) in [6, 6.07) is 14.7. The number of urea groups is 1. The Bertz CT molecular complexity index is 1020. The highest BCUT2D eigenvalue weighted by Gasteiger charge is 2.50. The molecule has 0 saturated carbocycles. The van der Waals surface area contributed by atoms with Crippen molar-refractivity contribution in [2.45, 2.75) is 38.3 Å². The van der Waals surface area contributed by atoms with Gasteiger partial charge in [-0.25, -0.2) is 4.79 Å². The number of amides is 4. The van der Waals surface area contributed by atoms with Crippen LogP contribution in [-0.4, -0.2) is 48.0 Å². The summed E-state index contributed by atoms with van der Waals surface area (Å²) in [5.41, 5.74) is 4.19. The van der Waals surface area contributed by atoms with Crippen LogP contribution in [0.15, 0.2) is 48.5 Å². The summed E-state index contributed by atoms with van der Waals surface area (Å²) < 4.78 is 5.15. The third-order valence-electron chi connectivity index (χ3n) is 6.27. The van der Waals surface area contributed by atoms with E-state index in [2.05, 4.69) is 39.9 Å². The molecule has 2 aromatic carbocycles. The van der Waals surface area contributed by atoms with Crippen LogP contribution in [0, 0.1) is 6.92 Å². The molecule has 2 saturated heterocycles. The fourth-order valence-electron chi connectivity index (χ4n) is 4.39. The van der Waals surface area contributed by atoms with E-state index < -0.39 is 23.4 Å². The number of aryl methyl sites for hydroxylation is 1. The number of rotatable bonds is 6. The smallest absolute Gasteiger partial charge is 0.344 e. The highest BCUT2D eigenvalue weighted by Crippen LogP contribution is 2.32. The average molecular weight is 437 g/mol. The molecule has 2 fully saturated rings. The standard InChI is InChI=1S/C24H28N4O4/c1-16-6-8-17(9-7-16)20-5-4-14-27(20)15-21(29)26-28-22(30)24(2,25-23(28)31)18-10-12-19(32-3)13-11-18/h6-13,20H,4-5,14-15H2,1-3H3,(H,25,31)(H,26,29). The molecule has 2 heterocycles. The molecular weight excluding hydrogens is 408 g/mol. The molecule has 4 amide bonds. The number of nitrogens with one attached hydrogen (secondary N) is 2. The van der Waals surface area contributed by atoms with E-state index in [1.807, 2.05) is 6.92 Å². The Kier molecular flexibility index (Phi) is 5.88. The van der Waals surface area contributed by atoms with Gasteiger partial charge in [0, 0.05) is 6.04 Å². The predicted molar refractivity (Wildman–Crippen MR) is 119 cm³/mol. The molecule has 168 valence electrons. The van der Waals surface area contributed by atoms with Crippen LogP contribution in [0.3, 0.4) is 0 Å². The van der Waals surface area contributed by atoms with Gasteiger partial charge in [-0.05, 0) is 56.5 Å². The molecule has 4 rings (SSSR count). The molecular formula is C24H28N4O4. The summed E-state index contributed by atoms with van der Waals surface area (Å²) in [6.45, 7) is 4.56. The number of hydrogen-bond acceptors (Lipinski definition) is 5. The molecule has 8 nitrogen and oxygen atoms in total. The van der Waals surface area contributed by atoms with Crippen molar-refractivity contribution in [3.63, 3.8) is 0 Å². The SMILES string of the molecule is COc1ccc(C2(C)NC(=O)N(NC(=O)CN3CCCC3c3ccc(C)cc3)C2=O)cc1. The zero-order valence-electron chi connectivity index (χ0n) is 18.6. The van der Waals surface area contributed by atoms with Crippen LogP contribution in [0.25, 0.3) is 0 Å². The van der Waals surface area contributed by atoms with Gasteiger partial charge in [0.15, 0.2) is 0 Å².